The first-order chi connectivity index (χ1) is 15.6. The van der Waals surface area contributed by atoms with E-state index in [1.807, 2.05) is 85.8 Å². The van der Waals surface area contributed by atoms with Gasteiger partial charge < -0.3 is 10.6 Å². The highest BCUT2D eigenvalue weighted by molar-refractivity contribution is 8.00. The predicted octanol–water partition coefficient (Wildman–Crippen LogP) is 6.07. The highest BCUT2D eigenvalue weighted by Gasteiger charge is 2.16. The Balaban J connectivity index is 1.30. The van der Waals surface area contributed by atoms with Crippen molar-refractivity contribution in [2.75, 3.05) is 10.6 Å². The molecule has 0 saturated carbocycles. The summed E-state index contributed by atoms with van der Waals surface area (Å²) in [6, 6.07) is 24.9. The minimum atomic E-state index is -0.295. The Kier molecular flexibility index (Phi) is 6.99. The van der Waals surface area contributed by atoms with E-state index in [1.54, 1.807) is 6.08 Å². The number of para-hydroxylation sites is 1. The van der Waals surface area contributed by atoms with Crippen LogP contribution >= 0.6 is 23.1 Å². The number of carbonyl (C=O) groups is 2. The zero-order valence-corrected chi connectivity index (χ0v) is 19.0. The quantitative estimate of drug-likeness (QED) is 0.260. The van der Waals surface area contributed by atoms with Gasteiger partial charge in [0.1, 0.15) is 0 Å². The zero-order chi connectivity index (χ0) is 22.3. The van der Waals surface area contributed by atoms with Gasteiger partial charge in [0.25, 0.3) is 0 Å². The number of thioether (sulfide) groups is 1. The van der Waals surface area contributed by atoms with Crippen LogP contribution in [0.3, 0.4) is 0 Å². The summed E-state index contributed by atoms with van der Waals surface area (Å²) in [5, 5.41) is 6.05. The monoisotopic (exact) mass is 459 g/mol. The van der Waals surface area contributed by atoms with Gasteiger partial charge in [-0.2, -0.15) is 0 Å². The van der Waals surface area contributed by atoms with E-state index in [4.69, 9.17) is 0 Å². The molecule has 4 rings (SSSR count). The Labute approximate surface area is 194 Å². The van der Waals surface area contributed by atoms with Gasteiger partial charge >= 0.3 is 0 Å². The molecule has 0 aliphatic carbocycles. The summed E-state index contributed by atoms with van der Waals surface area (Å²) in [6.07, 6.45) is 3.28. The number of hydrogen-bond acceptors (Lipinski definition) is 5. The second-order valence-corrected chi connectivity index (χ2v) is 9.44. The van der Waals surface area contributed by atoms with Crippen LogP contribution in [0, 0.1) is 0 Å². The van der Waals surface area contributed by atoms with E-state index in [1.165, 1.54) is 29.2 Å². The van der Waals surface area contributed by atoms with E-state index in [0.29, 0.717) is 10.8 Å². The number of fused-ring (bicyclic) bond motifs is 1. The van der Waals surface area contributed by atoms with Gasteiger partial charge in [0, 0.05) is 16.7 Å². The molecule has 0 radical (unpaired) electrons. The number of hydrogen-bond donors (Lipinski definition) is 2. The van der Waals surface area contributed by atoms with Crippen molar-refractivity contribution < 1.29 is 9.59 Å². The number of carbonyl (C=O) groups excluding carboxylic acids is 2. The molecule has 2 N–H and O–H groups in total. The minimum absolute atomic E-state index is 0.0996. The van der Waals surface area contributed by atoms with Gasteiger partial charge in [-0.1, -0.05) is 53.8 Å². The molecule has 1 aromatic heterocycles. The average molecular weight is 460 g/mol. The van der Waals surface area contributed by atoms with Crippen LogP contribution in [0.25, 0.3) is 16.3 Å². The molecule has 0 aliphatic heterocycles. The van der Waals surface area contributed by atoms with Crippen LogP contribution in [0.4, 0.5) is 10.8 Å². The molecule has 32 heavy (non-hydrogen) atoms. The van der Waals surface area contributed by atoms with E-state index in [9.17, 15) is 9.59 Å². The third-order valence-electron chi connectivity index (χ3n) is 4.55. The molecule has 7 heteroatoms. The Morgan fingerprint density at radius 3 is 2.41 bits per heavy atom. The Hall–Kier alpha value is -3.42. The van der Waals surface area contributed by atoms with Crippen LogP contribution in [0.2, 0.25) is 0 Å². The Bertz CT molecular complexity index is 1220. The molecule has 0 fully saturated rings. The Morgan fingerprint density at radius 1 is 0.938 bits per heavy atom. The van der Waals surface area contributed by atoms with Crippen molar-refractivity contribution in [2.45, 2.75) is 17.1 Å². The number of benzene rings is 3. The minimum Gasteiger partial charge on any atom is -0.323 e. The summed E-state index contributed by atoms with van der Waals surface area (Å²) in [6.45, 7) is 1.86. The van der Waals surface area contributed by atoms with Crippen LogP contribution in [0.15, 0.2) is 89.8 Å². The maximum atomic E-state index is 12.6. The first-order valence-corrected chi connectivity index (χ1v) is 11.7. The smallest absolute Gasteiger partial charge is 0.248 e. The predicted molar refractivity (Wildman–Crippen MR) is 134 cm³/mol. The lowest BCUT2D eigenvalue weighted by molar-refractivity contribution is -0.115. The number of nitrogens with zero attached hydrogens (tertiary/aromatic N) is 1. The van der Waals surface area contributed by atoms with E-state index in [2.05, 4.69) is 15.6 Å². The summed E-state index contributed by atoms with van der Waals surface area (Å²) in [7, 11) is 0. The fraction of sp³-hybridized carbons (Fsp3) is 0.0800. The summed E-state index contributed by atoms with van der Waals surface area (Å²) in [4.78, 5) is 30.1. The highest BCUT2D eigenvalue weighted by atomic mass is 32.2. The van der Waals surface area contributed by atoms with Crippen molar-refractivity contribution in [2.24, 2.45) is 0 Å². The number of nitrogens with one attached hydrogen (secondary N) is 2. The third-order valence-corrected chi connectivity index (χ3v) is 6.62. The van der Waals surface area contributed by atoms with E-state index < -0.39 is 0 Å². The van der Waals surface area contributed by atoms with Crippen molar-refractivity contribution in [3.05, 3.63) is 90.5 Å². The van der Waals surface area contributed by atoms with Crippen LogP contribution in [0.5, 0.6) is 0 Å². The van der Waals surface area contributed by atoms with Crippen molar-refractivity contribution >= 4 is 62.0 Å². The maximum Gasteiger partial charge on any atom is 0.248 e. The normalized spacial score (nSPS) is 12.0. The van der Waals surface area contributed by atoms with Gasteiger partial charge in [0.15, 0.2) is 5.13 Å². The molecule has 0 aliphatic rings. The fourth-order valence-corrected chi connectivity index (χ4v) is 4.66. The molecule has 4 aromatic rings. The van der Waals surface area contributed by atoms with Gasteiger partial charge in [-0.05, 0) is 55.0 Å². The van der Waals surface area contributed by atoms with E-state index >= 15 is 0 Å². The standard InChI is InChI=1S/C25H21N3O2S2/c1-17(24(30)28-25-27-21-9-5-6-10-22(21)32-25)31-20-14-12-19(13-15-20)26-23(29)16-11-18-7-3-2-4-8-18/h2-17H,1H3,(H,26,29)(H,27,28,30)/b16-11+. The summed E-state index contributed by atoms with van der Waals surface area (Å²) < 4.78 is 1.04. The topological polar surface area (TPSA) is 71.1 Å². The SMILES string of the molecule is CC(Sc1ccc(NC(=O)/C=C/c2ccccc2)cc1)C(=O)Nc1nc2ccccc2s1. The number of rotatable bonds is 7. The van der Waals surface area contributed by atoms with Crippen LogP contribution < -0.4 is 10.6 Å². The summed E-state index contributed by atoms with van der Waals surface area (Å²) >= 11 is 2.91. The first kappa shape index (κ1) is 21.8. The molecular weight excluding hydrogens is 438 g/mol. The molecule has 5 nitrogen and oxygen atoms in total. The second-order valence-electron chi connectivity index (χ2n) is 6.99. The molecule has 0 bridgehead atoms. The molecule has 0 saturated heterocycles. The molecule has 0 spiro atoms. The van der Waals surface area contributed by atoms with Gasteiger partial charge in [0.2, 0.25) is 11.8 Å². The summed E-state index contributed by atoms with van der Waals surface area (Å²) in [5.41, 5.74) is 2.54. The van der Waals surface area contributed by atoms with E-state index in [-0.39, 0.29) is 17.1 Å². The Morgan fingerprint density at radius 2 is 1.66 bits per heavy atom. The lowest BCUT2D eigenvalue weighted by Crippen LogP contribution is -2.22. The first-order valence-electron chi connectivity index (χ1n) is 10.0. The fourth-order valence-electron chi connectivity index (χ4n) is 2.93. The number of anilines is 2. The molecular formula is C25H21N3O2S2. The molecule has 3 aromatic carbocycles. The van der Waals surface area contributed by atoms with Gasteiger partial charge in [-0.15, -0.1) is 11.8 Å². The van der Waals surface area contributed by atoms with Crippen molar-refractivity contribution in [3.63, 3.8) is 0 Å². The summed E-state index contributed by atoms with van der Waals surface area (Å²) in [5.74, 6) is -0.296. The third kappa shape index (κ3) is 5.84. The van der Waals surface area contributed by atoms with Gasteiger partial charge in [-0.25, -0.2) is 4.98 Å². The van der Waals surface area contributed by atoms with Crippen LogP contribution in [-0.4, -0.2) is 22.0 Å². The zero-order valence-electron chi connectivity index (χ0n) is 17.3. The largest absolute Gasteiger partial charge is 0.323 e. The molecule has 1 unspecified atom stereocenters. The van der Waals surface area contributed by atoms with Crippen molar-refractivity contribution in [1.29, 1.82) is 0 Å². The maximum absolute atomic E-state index is 12.6. The number of thiazole rings is 1. The lowest BCUT2D eigenvalue weighted by atomic mass is 10.2. The highest BCUT2D eigenvalue weighted by Crippen LogP contribution is 2.28. The molecule has 1 atom stereocenters. The molecule has 1 heterocycles. The van der Waals surface area contributed by atoms with Crippen LogP contribution in [-0.2, 0) is 9.59 Å². The molecule has 160 valence electrons. The van der Waals surface area contributed by atoms with Crippen molar-refractivity contribution in [1.82, 2.24) is 4.98 Å². The van der Waals surface area contributed by atoms with Crippen LogP contribution in [0.1, 0.15) is 12.5 Å². The molecule has 2 amide bonds. The lowest BCUT2D eigenvalue weighted by Gasteiger charge is -2.11. The van der Waals surface area contributed by atoms with Gasteiger partial charge in [-0.3, -0.25) is 9.59 Å². The van der Waals surface area contributed by atoms with E-state index in [0.717, 1.165) is 20.7 Å². The number of amides is 2. The van der Waals surface area contributed by atoms with Crippen molar-refractivity contribution in [3.8, 4) is 0 Å². The van der Waals surface area contributed by atoms with Gasteiger partial charge in [0.05, 0.1) is 15.5 Å². The average Bonchev–Trinajstić information content (AvgIpc) is 3.22. The number of aromatic nitrogens is 1. The second kappa shape index (κ2) is 10.3.